The molecule has 21 heavy (non-hydrogen) atoms. The van der Waals surface area contributed by atoms with Crippen LogP contribution in [0.1, 0.15) is 11.3 Å². The molecule has 2 aromatic rings. The first-order valence-electron chi connectivity index (χ1n) is 6.32. The van der Waals surface area contributed by atoms with Crippen LogP contribution in [0.2, 0.25) is 0 Å². The Balaban J connectivity index is 2.26. The zero-order chi connectivity index (χ0) is 15.3. The molecule has 0 unspecified atom stereocenters. The molecule has 0 amide bonds. The van der Waals surface area contributed by atoms with Gasteiger partial charge in [0.15, 0.2) is 0 Å². The lowest BCUT2D eigenvalue weighted by molar-refractivity contribution is 0.406. The van der Waals surface area contributed by atoms with Gasteiger partial charge in [0, 0.05) is 12.6 Å². The second kappa shape index (κ2) is 6.59. The van der Waals surface area contributed by atoms with E-state index in [1.165, 1.54) is 23.7 Å². The number of benzene rings is 1. The maximum atomic E-state index is 12.5. The predicted octanol–water partition coefficient (Wildman–Crippen LogP) is 1.41. The molecule has 0 aliphatic carbocycles. The molecule has 0 fully saturated rings. The molecule has 0 aliphatic heterocycles. The summed E-state index contributed by atoms with van der Waals surface area (Å²) in [6.07, 6.45) is 1.51. The standard InChI is InChI=1S/C15H16N2O3S/c1-17(12-14-7-4-10-20-14)21(18,19)15-8-2-5-13(11-15)6-3-9-16/h2,4-5,7-8,10-11H,9,12,16H2,1H3. The van der Waals surface area contributed by atoms with E-state index in [0.29, 0.717) is 11.3 Å². The van der Waals surface area contributed by atoms with Gasteiger partial charge in [-0.1, -0.05) is 17.9 Å². The number of sulfonamides is 1. The topological polar surface area (TPSA) is 76.5 Å². The summed E-state index contributed by atoms with van der Waals surface area (Å²) >= 11 is 0. The van der Waals surface area contributed by atoms with Crippen molar-refractivity contribution in [3.8, 4) is 11.8 Å². The molecule has 5 nitrogen and oxygen atoms in total. The van der Waals surface area contributed by atoms with Gasteiger partial charge in [-0.3, -0.25) is 0 Å². The number of nitrogens with two attached hydrogens (primary N) is 1. The Morgan fingerprint density at radius 3 is 2.76 bits per heavy atom. The van der Waals surface area contributed by atoms with Crippen LogP contribution < -0.4 is 5.73 Å². The summed E-state index contributed by atoms with van der Waals surface area (Å²) < 4.78 is 31.4. The normalized spacial score (nSPS) is 11.2. The number of rotatable bonds is 4. The summed E-state index contributed by atoms with van der Waals surface area (Å²) in [7, 11) is -2.08. The van der Waals surface area contributed by atoms with Gasteiger partial charge >= 0.3 is 0 Å². The van der Waals surface area contributed by atoms with E-state index in [2.05, 4.69) is 11.8 Å². The fraction of sp³-hybridized carbons (Fsp3) is 0.200. The summed E-state index contributed by atoms with van der Waals surface area (Å²) in [6.45, 7) is 0.406. The first-order chi connectivity index (χ1) is 10.0. The molecule has 0 spiro atoms. The average molecular weight is 304 g/mol. The minimum Gasteiger partial charge on any atom is -0.468 e. The Kier molecular flexibility index (Phi) is 4.81. The Morgan fingerprint density at radius 1 is 1.29 bits per heavy atom. The Hall–Kier alpha value is -2.07. The van der Waals surface area contributed by atoms with Gasteiger partial charge in [0.1, 0.15) is 5.76 Å². The lowest BCUT2D eigenvalue weighted by Crippen LogP contribution is -2.26. The van der Waals surface area contributed by atoms with Gasteiger partial charge in [0.25, 0.3) is 0 Å². The van der Waals surface area contributed by atoms with E-state index in [0.717, 1.165) is 0 Å². The van der Waals surface area contributed by atoms with E-state index in [1.54, 1.807) is 30.3 Å². The first-order valence-corrected chi connectivity index (χ1v) is 7.76. The fourth-order valence-corrected chi connectivity index (χ4v) is 2.96. The summed E-state index contributed by atoms with van der Waals surface area (Å²) in [5, 5.41) is 0. The highest BCUT2D eigenvalue weighted by molar-refractivity contribution is 7.89. The third kappa shape index (κ3) is 3.73. The van der Waals surface area contributed by atoms with Crippen molar-refractivity contribution in [3.63, 3.8) is 0 Å². The molecular formula is C15H16N2O3S. The van der Waals surface area contributed by atoms with E-state index in [-0.39, 0.29) is 18.0 Å². The second-order valence-electron chi connectivity index (χ2n) is 4.37. The molecule has 0 atom stereocenters. The highest BCUT2D eigenvalue weighted by Gasteiger charge is 2.21. The van der Waals surface area contributed by atoms with Gasteiger partial charge < -0.3 is 10.2 Å². The lowest BCUT2D eigenvalue weighted by atomic mass is 10.2. The summed E-state index contributed by atoms with van der Waals surface area (Å²) in [4.78, 5) is 0.195. The van der Waals surface area contributed by atoms with Gasteiger partial charge in [0.2, 0.25) is 10.0 Å². The van der Waals surface area contributed by atoms with Crippen molar-refractivity contribution in [1.29, 1.82) is 0 Å². The highest BCUT2D eigenvalue weighted by Crippen LogP contribution is 2.18. The van der Waals surface area contributed by atoms with Crippen LogP contribution in [0.15, 0.2) is 52.0 Å². The minimum absolute atomic E-state index is 0.175. The van der Waals surface area contributed by atoms with Crippen LogP contribution in [-0.4, -0.2) is 26.3 Å². The molecular weight excluding hydrogens is 288 g/mol. The van der Waals surface area contributed by atoms with Crippen LogP contribution in [0, 0.1) is 11.8 Å². The fourth-order valence-electron chi connectivity index (χ4n) is 1.77. The number of nitrogens with zero attached hydrogens (tertiary/aromatic N) is 1. The number of hydrogen-bond donors (Lipinski definition) is 1. The Bertz CT molecular complexity index is 756. The highest BCUT2D eigenvalue weighted by atomic mass is 32.2. The van der Waals surface area contributed by atoms with Crippen molar-refractivity contribution < 1.29 is 12.8 Å². The molecule has 2 N–H and O–H groups in total. The monoisotopic (exact) mass is 304 g/mol. The van der Waals surface area contributed by atoms with E-state index in [9.17, 15) is 8.42 Å². The van der Waals surface area contributed by atoms with E-state index in [1.807, 2.05) is 0 Å². The van der Waals surface area contributed by atoms with E-state index in [4.69, 9.17) is 10.2 Å². The van der Waals surface area contributed by atoms with Crippen molar-refractivity contribution in [1.82, 2.24) is 4.31 Å². The quantitative estimate of drug-likeness (QED) is 0.867. The van der Waals surface area contributed by atoms with Crippen molar-refractivity contribution in [2.75, 3.05) is 13.6 Å². The SMILES string of the molecule is CN(Cc1ccco1)S(=O)(=O)c1cccc(C#CCN)c1. The zero-order valence-corrected chi connectivity index (χ0v) is 12.4. The first kappa shape index (κ1) is 15.3. The Labute approximate surface area is 124 Å². The molecule has 0 bridgehead atoms. The zero-order valence-electron chi connectivity index (χ0n) is 11.6. The van der Waals surface area contributed by atoms with Crippen LogP contribution >= 0.6 is 0 Å². The lowest BCUT2D eigenvalue weighted by Gasteiger charge is -2.16. The van der Waals surface area contributed by atoms with Crippen molar-refractivity contribution in [3.05, 3.63) is 54.0 Å². The predicted molar refractivity (Wildman–Crippen MR) is 79.7 cm³/mol. The molecule has 0 saturated heterocycles. The summed E-state index contributed by atoms with van der Waals surface area (Å²) in [5.41, 5.74) is 5.93. The largest absolute Gasteiger partial charge is 0.468 e. The molecule has 1 aromatic heterocycles. The van der Waals surface area contributed by atoms with Gasteiger partial charge in [-0.25, -0.2) is 8.42 Å². The molecule has 2 rings (SSSR count). The number of hydrogen-bond acceptors (Lipinski definition) is 4. The van der Waals surface area contributed by atoms with Gasteiger partial charge in [-0.2, -0.15) is 4.31 Å². The number of furan rings is 1. The van der Waals surface area contributed by atoms with Crippen molar-refractivity contribution in [2.45, 2.75) is 11.4 Å². The van der Waals surface area contributed by atoms with Crippen LogP contribution in [0.4, 0.5) is 0 Å². The smallest absolute Gasteiger partial charge is 0.243 e. The average Bonchev–Trinajstić information content (AvgIpc) is 2.98. The molecule has 110 valence electrons. The second-order valence-corrected chi connectivity index (χ2v) is 6.42. The van der Waals surface area contributed by atoms with Crippen LogP contribution in [0.25, 0.3) is 0 Å². The molecule has 0 saturated carbocycles. The van der Waals surface area contributed by atoms with Crippen LogP contribution in [0.5, 0.6) is 0 Å². The van der Waals surface area contributed by atoms with E-state index < -0.39 is 10.0 Å². The summed E-state index contributed by atoms with van der Waals surface area (Å²) in [6, 6.07) is 9.94. The van der Waals surface area contributed by atoms with Crippen LogP contribution in [-0.2, 0) is 16.6 Å². The van der Waals surface area contributed by atoms with Crippen molar-refractivity contribution >= 4 is 10.0 Å². The van der Waals surface area contributed by atoms with Gasteiger partial charge in [-0.05, 0) is 30.3 Å². The maximum absolute atomic E-state index is 12.5. The Morgan fingerprint density at radius 2 is 2.10 bits per heavy atom. The molecule has 1 aromatic carbocycles. The van der Waals surface area contributed by atoms with Gasteiger partial charge in [-0.15, -0.1) is 0 Å². The maximum Gasteiger partial charge on any atom is 0.243 e. The molecule has 1 heterocycles. The third-order valence-electron chi connectivity index (χ3n) is 2.84. The summed E-state index contributed by atoms with van der Waals surface area (Å²) in [5.74, 6) is 6.11. The molecule has 6 heteroatoms. The molecule has 0 radical (unpaired) electrons. The van der Waals surface area contributed by atoms with Gasteiger partial charge in [0.05, 0.1) is 24.2 Å². The molecule has 0 aliphatic rings. The van der Waals surface area contributed by atoms with E-state index >= 15 is 0 Å². The minimum atomic E-state index is -3.59. The van der Waals surface area contributed by atoms with Crippen LogP contribution in [0.3, 0.4) is 0 Å². The third-order valence-corrected chi connectivity index (χ3v) is 4.63. The van der Waals surface area contributed by atoms with Crippen molar-refractivity contribution in [2.24, 2.45) is 5.73 Å².